The molecule has 2 amide bonds. The number of terminal acetylenes is 1. The summed E-state index contributed by atoms with van der Waals surface area (Å²) in [6.07, 6.45) is 6.64. The summed E-state index contributed by atoms with van der Waals surface area (Å²) in [5, 5.41) is 14.9. The Labute approximate surface area is 188 Å². The molecule has 0 spiro atoms. The first-order valence-corrected chi connectivity index (χ1v) is 10.5. The number of amides is 2. The van der Waals surface area contributed by atoms with Gasteiger partial charge in [0, 0.05) is 31.2 Å². The number of carbonyl (C=O) groups is 2. The third kappa shape index (κ3) is 5.54. The fraction of sp³-hybridized carbons (Fsp3) is 0.238. The highest BCUT2D eigenvalue weighted by Crippen LogP contribution is 2.18. The standard InChI is InChI=1S/C21H20ClN5O3S/c1-4-9-24-19(29)16(12-23)21-27(5-2)20(30)17(31-21)13-25-14-7-6-8-15(10-14)26(3)18(28)11-22/h1,6-8,10,13,25H,5,9,11H2,2-3H3,(H,24,29). The minimum Gasteiger partial charge on any atom is -0.360 e. The van der Waals surface area contributed by atoms with Gasteiger partial charge in [-0.15, -0.1) is 29.4 Å². The van der Waals surface area contributed by atoms with E-state index in [1.54, 1.807) is 38.2 Å². The first-order valence-electron chi connectivity index (χ1n) is 9.12. The minimum atomic E-state index is -0.636. The lowest BCUT2D eigenvalue weighted by Gasteiger charge is -2.16. The highest BCUT2D eigenvalue weighted by molar-refractivity contribution is 7.07. The van der Waals surface area contributed by atoms with Gasteiger partial charge in [0.25, 0.3) is 11.5 Å². The summed E-state index contributed by atoms with van der Waals surface area (Å²) in [6.45, 7) is 2.01. The molecule has 0 fully saturated rings. The molecule has 0 saturated heterocycles. The maximum atomic E-state index is 12.8. The van der Waals surface area contributed by atoms with Crippen molar-refractivity contribution in [1.29, 1.82) is 5.26 Å². The second-order valence-corrected chi connectivity index (χ2v) is 7.42. The van der Waals surface area contributed by atoms with Gasteiger partial charge in [-0.1, -0.05) is 12.0 Å². The molecular formula is C21H20ClN5O3S. The van der Waals surface area contributed by atoms with Crippen LogP contribution in [-0.4, -0.2) is 35.9 Å². The normalized spacial score (nSPS) is 11.8. The zero-order valence-corrected chi connectivity index (χ0v) is 18.5. The number of alkyl halides is 1. The molecule has 160 valence electrons. The molecule has 1 aromatic heterocycles. The second-order valence-electron chi connectivity index (χ2n) is 6.12. The van der Waals surface area contributed by atoms with Gasteiger partial charge in [-0.3, -0.25) is 19.0 Å². The molecule has 0 atom stereocenters. The predicted octanol–water partition coefficient (Wildman–Crippen LogP) is 0.405. The highest BCUT2D eigenvalue weighted by Gasteiger charge is 2.15. The third-order valence-electron chi connectivity index (χ3n) is 4.22. The number of rotatable bonds is 7. The number of hydrogen-bond acceptors (Lipinski definition) is 6. The van der Waals surface area contributed by atoms with E-state index >= 15 is 0 Å². The van der Waals surface area contributed by atoms with Crippen molar-refractivity contribution in [1.82, 2.24) is 9.88 Å². The maximum absolute atomic E-state index is 12.8. The van der Waals surface area contributed by atoms with Crippen molar-refractivity contribution in [2.75, 3.05) is 29.7 Å². The van der Waals surface area contributed by atoms with E-state index in [1.807, 2.05) is 6.07 Å². The smallest absolute Gasteiger partial charge is 0.270 e. The monoisotopic (exact) mass is 457 g/mol. The average molecular weight is 458 g/mol. The van der Waals surface area contributed by atoms with E-state index in [2.05, 4.69) is 16.6 Å². The van der Waals surface area contributed by atoms with Gasteiger partial charge in [-0.25, -0.2) is 0 Å². The summed E-state index contributed by atoms with van der Waals surface area (Å²) >= 11 is 6.62. The molecule has 0 aliphatic heterocycles. The van der Waals surface area contributed by atoms with E-state index in [4.69, 9.17) is 18.0 Å². The maximum Gasteiger partial charge on any atom is 0.270 e. The van der Waals surface area contributed by atoms with Gasteiger partial charge in [0.15, 0.2) is 5.57 Å². The van der Waals surface area contributed by atoms with Crippen LogP contribution in [0.3, 0.4) is 0 Å². The van der Waals surface area contributed by atoms with Crippen LogP contribution in [-0.2, 0) is 16.1 Å². The lowest BCUT2D eigenvalue weighted by atomic mass is 10.2. The van der Waals surface area contributed by atoms with E-state index < -0.39 is 5.91 Å². The molecule has 0 aliphatic rings. The van der Waals surface area contributed by atoms with Crippen LogP contribution in [0.2, 0.25) is 0 Å². The van der Waals surface area contributed by atoms with Crippen molar-refractivity contribution in [3.8, 4) is 18.4 Å². The Balaban J connectivity index is 2.48. The number of benzene rings is 1. The van der Waals surface area contributed by atoms with Gasteiger partial charge in [-0.2, -0.15) is 5.26 Å². The zero-order chi connectivity index (χ0) is 23.0. The molecular weight excluding hydrogens is 438 g/mol. The molecule has 2 aromatic rings. The van der Waals surface area contributed by atoms with Gasteiger partial charge >= 0.3 is 0 Å². The number of thiazole rings is 1. The van der Waals surface area contributed by atoms with Crippen molar-refractivity contribution in [2.24, 2.45) is 0 Å². The first-order chi connectivity index (χ1) is 14.9. The fourth-order valence-electron chi connectivity index (χ4n) is 2.59. The molecule has 0 bridgehead atoms. The molecule has 0 saturated carbocycles. The van der Waals surface area contributed by atoms with Gasteiger partial charge in [0.2, 0.25) is 5.91 Å². The summed E-state index contributed by atoms with van der Waals surface area (Å²) in [4.78, 5) is 38.2. The predicted molar refractivity (Wildman–Crippen MR) is 123 cm³/mol. The van der Waals surface area contributed by atoms with Gasteiger partial charge in [0.05, 0.1) is 6.54 Å². The minimum absolute atomic E-state index is 0.0245. The summed E-state index contributed by atoms with van der Waals surface area (Å²) in [5.41, 5.74) is 0.757. The molecule has 0 radical (unpaired) electrons. The number of halogens is 1. The van der Waals surface area contributed by atoms with Crippen LogP contribution < -0.4 is 30.3 Å². The van der Waals surface area contributed by atoms with Crippen LogP contribution in [0.5, 0.6) is 0 Å². The summed E-state index contributed by atoms with van der Waals surface area (Å²) in [6, 6.07) is 8.87. The van der Waals surface area contributed by atoms with Gasteiger partial charge in [0.1, 0.15) is 21.1 Å². The molecule has 1 heterocycles. The van der Waals surface area contributed by atoms with Crippen LogP contribution in [0.15, 0.2) is 29.1 Å². The molecule has 8 nitrogen and oxygen atoms in total. The van der Waals surface area contributed by atoms with Crippen molar-refractivity contribution in [3.05, 3.63) is 43.8 Å². The van der Waals surface area contributed by atoms with Crippen LogP contribution in [0, 0.1) is 23.7 Å². The molecule has 10 heteroatoms. The molecule has 2 rings (SSSR count). The van der Waals surface area contributed by atoms with E-state index in [0.29, 0.717) is 15.9 Å². The Kier molecular flexibility index (Phi) is 8.44. The summed E-state index contributed by atoms with van der Waals surface area (Å²) < 4.78 is 1.92. The Hall–Kier alpha value is -3.53. The van der Waals surface area contributed by atoms with Gasteiger partial charge in [-0.05, 0) is 25.1 Å². The van der Waals surface area contributed by atoms with Crippen molar-refractivity contribution in [3.63, 3.8) is 0 Å². The van der Waals surface area contributed by atoms with Crippen LogP contribution in [0.4, 0.5) is 11.4 Å². The molecule has 1 aromatic carbocycles. The lowest BCUT2D eigenvalue weighted by Crippen LogP contribution is -2.34. The van der Waals surface area contributed by atoms with E-state index in [1.165, 1.54) is 15.7 Å². The third-order valence-corrected chi connectivity index (χ3v) is 5.58. The summed E-state index contributed by atoms with van der Waals surface area (Å²) in [5.74, 6) is 1.24. The van der Waals surface area contributed by atoms with Crippen molar-refractivity contribution >= 4 is 57.9 Å². The quantitative estimate of drug-likeness (QED) is 0.462. The fourth-order valence-corrected chi connectivity index (χ4v) is 3.86. The number of nitrogens with zero attached hydrogens (tertiary/aromatic N) is 3. The Bertz CT molecular complexity index is 1250. The largest absolute Gasteiger partial charge is 0.360 e. The molecule has 0 aliphatic carbocycles. The topological polar surface area (TPSA) is 107 Å². The number of nitriles is 1. The van der Waals surface area contributed by atoms with Crippen LogP contribution >= 0.6 is 22.9 Å². The Morgan fingerprint density at radius 3 is 2.77 bits per heavy atom. The average Bonchev–Trinajstić information content (AvgIpc) is 3.10. The number of aromatic nitrogens is 1. The zero-order valence-electron chi connectivity index (χ0n) is 16.9. The molecule has 2 N–H and O–H groups in total. The SMILES string of the molecule is C#CCNC(=O)C(C#N)=c1sc(=CNc2cccc(N(C)C(=O)CCl)c2)c(=O)n1CC. The van der Waals surface area contributed by atoms with E-state index in [0.717, 1.165) is 11.3 Å². The van der Waals surface area contributed by atoms with Gasteiger partial charge < -0.3 is 15.5 Å². The highest BCUT2D eigenvalue weighted by atomic mass is 35.5. The van der Waals surface area contributed by atoms with E-state index in [-0.39, 0.29) is 40.7 Å². The van der Waals surface area contributed by atoms with Crippen molar-refractivity contribution in [2.45, 2.75) is 13.5 Å². The molecule has 0 unspecified atom stereocenters. The number of nitrogens with one attached hydrogen (secondary N) is 2. The van der Waals surface area contributed by atoms with Crippen LogP contribution in [0.1, 0.15) is 6.92 Å². The number of anilines is 2. The van der Waals surface area contributed by atoms with Crippen molar-refractivity contribution < 1.29 is 9.59 Å². The lowest BCUT2D eigenvalue weighted by molar-refractivity contribution is -0.116. The molecule has 31 heavy (non-hydrogen) atoms. The van der Waals surface area contributed by atoms with Crippen LogP contribution in [0.25, 0.3) is 11.8 Å². The second kappa shape index (κ2) is 11.0. The number of hydrogen-bond donors (Lipinski definition) is 2. The summed E-state index contributed by atoms with van der Waals surface area (Å²) in [7, 11) is 1.61. The Morgan fingerprint density at radius 2 is 2.16 bits per heavy atom. The number of carbonyl (C=O) groups excluding carboxylic acids is 2. The first kappa shape index (κ1) is 23.7. The Morgan fingerprint density at radius 1 is 1.42 bits per heavy atom. The van der Waals surface area contributed by atoms with E-state index in [9.17, 15) is 19.6 Å².